The quantitative estimate of drug-likeness (QED) is 0.734. The Kier molecular flexibility index (Phi) is 5.96. The summed E-state index contributed by atoms with van der Waals surface area (Å²) >= 11 is 0. The average Bonchev–Trinajstić information content (AvgIpc) is 2.27. The predicted octanol–water partition coefficient (Wildman–Crippen LogP) is 4.25. The van der Waals surface area contributed by atoms with E-state index in [-0.39, 0.29) is 5.54 Å². The summed E-state index contributed by atoms with van der Waals surface area (Å²) in [6.45, 7) is 9.32. The Bertz CT molecular complexity index is 345. The molecule has 1 rings (SSSR count). The number of anilines is 1. The van der Waals surface area contributed by atoms with Crippen molar-refractivity contribution in [2.45, 2.75) is 58.9 Å². The van der Waals surface area contributed by atoms with Crippen LogP contribution >= 0.6 is 0 Å². The molecule has 0 aliphatic rings. The van der Waals surface area contributed by atoms with E-state index in [4.69, 9.17) is 4.74 Å². The molecule has 3 nitrogen and oxygen atoms in total. The number of unbranched alkanes of at least 4 members (excludes halogenated alkanes) is 3. The third-order valence-corrected chi connectivity index (χ3v) is 2.47. The monoisotopic (exact) mass is 250 g/mol. The molecular formula is C15H26N2O. The van der Waals surface area contributed by atoms with Crippen LogP contribution in [-0.2, 0) is 0 Å². The molecular weight excluding hydrogens is 224 g/mol. The van der Waals surface area contributed by atoms with Gasteiger partial charge in [0.2, 0.25) is 5.88 Å². The van der Waals surface area contributed by atoms with Crippen LogP contribution in [0.1, 0.15) is 53.4 Å². The van der Waals surface area contributed by atoms with Gasteiger partial charge in [-0.05, 0) is 33.3 Å². The van der Waals surface area contributed by atoms with Gasteiger partial charge in [0.15, 0.2) is 0 Å². The standard InChI is InChI=1S/C15H26N2O/c1-5-6-7-8-12-18-14-11-9-10-13(16-14)17-15(2,3)4/h9-11H,5-8,12H2,1-4H3,(H,16,17). The minimum absolute atomic E-state index is 0.0206. The Labute approximate surface area is 111 Å². The molecule has 1 aromatic heterocycles. The average molecular weight is 250 g/mol. The number of ether oxygens (including phenoxy) is 1. The van der Waals surface area contributed by atoms with E-state index in [1.807, 2.05) is 18.2 Å². The van der Waals surface area contributed by atoms with Crippen molar-refractivity contribution >= 4 is 5.82 Å². The first-order valence-electron chi connectivity index (χ1n) is 6.89. The first kappa shape index (κ1) is 14.8. The second-order valence-electron chi connectivity index (χ2n) is 5.65. The van der Waals surface area contributed by atoms with E-state index >= 15 is 0 Å². The molecule has 0 unspecified atom stereocenters. The van der Waals surface area contributed by atoms with Crippen LogP contribution in [0.4, 0.5) is 5.82 Å². The minimum Gasteiger partial charge on any atom is -0.478 e. The van der Waals surface area contributed by atoms with E-state index in [9.17, 15) is 0 Å². The van der Waals surface area contributed by atoms with E-state index in [1.54, 1.807) is 0 Å². The van der Waals surface area contributed by atoms with E-state index in [2.05, 4.69) is 38.0 Å². The summed E-state index contributed by atoms with van der Waals surface area (Å²) in [6, 6.07) is 5.85. The molecule has 0 aromatic carbocycles. The van der Waals surface area contributed by atoms with E-state index in [0.717, 1.165) is 18.8 Å². The summed E-state index contributed by atoms with van der Waals surface area (Å²) in [4.78, 5) is 4.44. The fourth-order valence-electron chi connectivity index (χ4n) is 1.65. The third kappa shape index (κ3) is 6.48. The predicted molar refractivity (Wildman–Crippen MR) is 77.2 cm³/mol. The van der Waals surface area contributed by atoms with Gasteiger partial charge in [-0.15, -0.1) is 0 Å². The molecule has 1 aromatic rings. The highest BCUT2D eigenvalue weighted by Crippen LogP contribution is 2.16. The summed E-state index contributed by atoms with van der Waals surface area (Å²) in [5.74, 6) is 1.58. The maximum absolute atomic E-state index is 5.66. The van der Waals surface area contributed by atoms with Gasteiger partial charge in [-0.1, -0.05) is 32.3 Å². The second kappa shape index (κ2) is 7.24. The lowest BCUT2D eigenvalue weighted by Crippen LogP contribution is -2.26. The van der Waals surface area contributed by atoms with Crippen molar-refractivity contribution in [3.05, 3.63) is 18.2 Å². The molecule has 1 N–H and O–H groups in total. The van der Waals surface area contributed by atoms with Gasteiger partial charge in [-0.25, -0.2) is 0 Å². The Morgan fingerprint density at radius 2 is 1.94 bits per heavy atom. The van der Waals surface area contributed by atoms with Gasteiger partial charge in [0.1, 0.15) is 5.82 Å². The first-order valence-corrected chi connectivity index (χ1v) is 6.89. The molecule has 0 amide bonds. The van der Waals surface area contributed by atoms with Crippen molar-refractivity contribution in [1.29, 1.82) is 0 Å². The molecule has 0 spiro atoms. The van der Waals surface area contributed by atoms with Crippen LogP contribution in [-0.4, -0.2) is 17.1 Å². The van der Waals surface area contributed by atoms with E-state index in [1.165, 1.54) is 19.3 Å². The minimum atomic E-state index is 0.0206. The highest BCUT2D eigenvalue weighted by molar-refractivity contribution is 5.39. The number of aromatic nitrogens is 1. The topological polar surface area (TPSA) is 34.1 Å². The van der Waals surface area contributed by atoms with Gasteiger partial charge in [0.05, 0.1) is 6.61 Å². The van der Waals surface area contributed by atoms with E-state index < -0.39 is 0 Å². The highest BCUT2D eigenvalue weighted by atomic mass is 16.5. The third-order valence-electron chi connectivity index (χ3n) is 2.47. The van der Waals surface area contributed by atoms with Crippen molar-refractivity contribution in [3.8, 4) is 5.88 Å². The lowest BCUT2D eigenvalue weighted by molar-refractivity contribution is 0.294. The summed E-state index contributed by atoms with van der Waals surface area (Å²) in [7, 11) is 0. The second-order valence-corrected chi connectivity index (χ2v) is 5.65. The number of rotatable bonds is 7. The molecule has 1 heterocycles. The highest BCUT2D eigenvalue weighted by Gasteiger charge is 2.10. The molecule has 0 bridgehead atoms. The molecule has 0 saturated carbocycles. The van der Waals surface area contributed by atoms with Gasteiger partial charge in [-0.2, -0.15) is 4.98 Å². The van der Waals surface area contributed by atoms with Crippen molar-refractivity contribution in [3.63, 3.8) is 0 Å². The number of hydrogen-bond donors (Lipinski definition) is 1. The molecule has 0 radical (unpaired) electrons. The zero-order valence-electron chi connectivity index (χ0n) is 12.1. The van der Waals surface area contributed by atoms with Crippen LogP contribution in [0.15, 0.2) is 18.2 Å². The molecule has 0 atom stereocenters. The number of nitrogens with zero attached hydrogens (tertiary/aromatic N) is 1. The largest absolute Gasteiger partial charge is 0.478 e. The van der Waals surface area contributed by atoms with Gasteiger partial charge < -0.3 is 10.1 Å². The van der Waals surface area contributed by atoms with Crippen LogP contribution in [0, 0.1) is 0 Å². The summed E-state index contributed by atoms with van der Waals surface area (Å²) in [5, 5.41) is 3.34. The lowest BCUT2D eigenvalue weighted by atomic mass is 10.1. The Balaban J connectivity index is 2.40. The molecule has 0 saturated heterocycles. The molecule has 102 valence electrons. The van der Waals surface area contributed by atoms with Crippen molar-refractivity contribution in [2.24, 2.45) is 0 Å². The molecule has 0 aliphatic heterocycles. The zero-order valence-corrected chi connectivity index (χ0v) is 12.1. The Hall–Kier alpha value is -1.25. The number of hydrogen-bond acceptors (Lipinski definition) is 3. The maximum atomic E-state index is 5.66. The van der Waals surface area contributed by atoms with Crippen molar-refractivity contribution < 1.29 is 4.74 Å². The summed E-state index contributed by atoms with van der Waals surface area (Å²) in [6.07, 6.45) is 4.87. The Morgan fingerprint density at radius 3 is 2.61 bits per heavy atom. The fourth-order valence-corrected chi connectivity index (χ4v) is 1.65. The van der Waals surface area contributed by atoms with Gasteiger partial charge in [0, 0.05) is 11.6 Å². The summed E-state index contributed by atoms with van der Waals surface area (Å²) in [5.41, 5.74) is 0.0206. The van der Waals surface area contributed by atoms with Crippen LogP contribution in [0.3, 0.4) is 0 Å². The molecule has 3 heteroatoms. The van der Waals surface area contributed by atoms with Crippen LogP contribution in [0.2, 0.25) is 0 Å². The fraction of sp³-hybridized carbons (Fsp3) is 0.667. The van der Waals surface area contributed by atoms with Crippen LogP contribution < -0.4 is 10.1 Å². The zero-order chi connectivity index (χ0) is 13.4. The smallest absolute Gasteiger partial charge is 0.215 e. The van der Waals surface area contributed by atoms with Gasteiger partial charge in [0.25, 0.3) is 0 Å². The molecule has 0 fully saturated rings. The Morgan fingerprint density at radius 1 is 1.17 bits per heavy atom. The van der Waals surface area contributed by atoms with E-state index in [0.29, 0.717) is 5.88 Å². The van der Waals surface area contributed by atoms with Gasteiger partial charge >= 0.3 is 0 Å². The maximum Gasteiger partial charge on any atom is 0.215 e. The summed E-state index contributed by atoms with van der Waals surface area (Å²) < 4.78 is 5.66. The van der Waals surface area contributed by atoms with Gasteiger partial charge in [-0.3, -0.25) is 0 Å². The lowest BCUT2D eigenvalue weighted by Gasteiger charge is -2.21. The first-order chi connectivity index (χ1) is 8.51. The number of nitrogens with one attached hydrogen (secondary N) is 1. The van der Waals surface area contributed by atoms with Crippen molar-refractivity contribution in [2.75, 3.05) is 11.9 Å². The van der Waals surface area contributed by atoms with Crippen molar-refractivity contribution in [1.82, 2.24) is 4.98 Å². The SMILES string of the molecule is CCCCCCOc1cccc(NC(C)(C)C)n1. The number of pyridine rings is 1. The molecule has 0 aliphatic carbocycles. The molecule has 18 heavy (non-hydrogen) atoms. The van der Waals surface area contributed by atoms with Crippen LogP contribution in [0.5, 0.6) is 5.88 Å². The van der Waals surface area contributed by atoms with Crippen LogP contribution in [0.25, 0.3) is 0 Å². The normalized spacial score (nSPS) is 11.3.